The van der Waals surface area contributed by atoms with Crippen LogP contribution in [0.3, 0.4) is 0 Å². The van der Waals surface area contributed by atoms with Crippen LogP contribution in [0.15, 0.2) is 42.5 Å². The van der Waals surface area contributed by atoms with Gasteiger partial charge < -0.3 is 24.5 Å². The van der Waals surface area contributed by atoms with Crippen LogP contribution in [0.5, 0.6) is 11.5 Å². The maximum absolute atomic E-state index is 10.9. The summed E-state index contributed by atoms with van der Waals surface area (Å²) in [5, 5.41) is 12.4. The van der Waals surface area contributed by atoms with Gasteiger partial charge in [-0.3, -0.25) is 0 Å². The highest BCUT2D eigenvalue weighted by atomic mass is 16.5. The van der Waals surface area contributed by atoms with Crippen LogP contribution in [0, 0.1) is 11.3 Å². The predicted molar refractivity (Wildman–Crippen MR) is 130 cm³/mol. The van der Waals surface area contributed by atoms with E-state index in [-0.39, 0.29) is 12.0 Å². The normalized spacial score (nSPS) is 19.9. The molecule has 4 rings (SSSR count). The van der Waals surface area contributed by atoms with Gasteiger partial charge in [-0.05, 0) is 73.9 Å². The second kappa shape index (κ2) is 9.33. The Labute approximate surface area is 194 Å². The van der Waals surface area contributed by atoms with Crippen molar-refractivity contribution >= 4 is 28.6 Å². The van der Waals surface area contributed by atoms with E-state index >= 15 is 0 Å². The number of aliphatic carboxylic acids is 1. The molecule has 1 aliphatic carbocycles. The monoisotopic (exact) mass is 451 g/mol. The molecule has 0 bridgehead atoms. The number of nitrogens with zero attached hydrogens (tertiary/aromatic N) is 2. The highest BCUT2D eigenvalue weighted by Gasteiger charge is 2.34. The number of ether oxygens (including phenoxy) is 2. The molecule has 0 saturated heterocycles. The van der Waals surface area contributed by atoms with Crippen molar-refractivity contribution in [1.82, 2.24) is 9.55 Å². The highest BCUT2D eigenvalue weighted by molar-refractivity contribution is 5.81. The summed E-state index contributed by atoms with van der Waals surface area (Å²) in [6.07, 6.45) is 3.37. The molecule has 7 heteroatoms. The van der Waals surface area contributed by atoms with Crippen LogP contribution in [0.25, 0.3) is 11.0 Å². The summed E-state index contributed by atoms with van der Waals surface area (Å²) in [4.78, 5) is 15.8. The number of nitrogens with one attached hydrogen (secondary N) is 1. The Bertz CT molecular complexity index is 1120. The molecule has 0 radical (unpaired) electrons. The minimum atomic E-state index is -1.00. The largest absolute Gasteiger partial charge is 0.494 e. The second-order valence-electron chi connectivity index (χ2n) is 9.79. The van der Waals surface area contributed by atoms with Crippen LogP contribution in [-0.4, -0.2) is 33.8 Å². The van der Waals surface area contributed by atoms with Crippen LogP contribution in [0.1, 0.15) is 53.0 Å². The molecule has 1 fully saturated rings. The van der Waals surface area contributed by atoms with E-state index in [1.54, 1.807) is 0 Å². The summed E-state index contributed by atoms with van der Waals surface area (Å²) in [5.74, 6) is 1.73. The number of carboxylic acid groups (broad SMARTS) is 1. The second-order valence-corrected chi connectivity index (χ2v) is 9.79. The van der Waals surface area contributed by atoms with E-state index in [0.29, 0.717) is 24.3 Å². The summed E-state index contributed by atoms with van der Waals surface area (Å²) in [6.45, 7) is 9.22. The zero-order valence-electron chi connectivity index (χ0n) is 19.8. The van der Waals surface area contributed by atoms with Crippen molar-refractivity contribution in [2.24, 2.45) is 11.3 Å². The van der Waals surface area contributed by atoms with E-state index in [4.69, 9.17) is 19.6 Å². The van der Waals surface area contributed by atoms with Crippen molar-refractivity contribution in [3.8, 4) is 11.5 Å². The fourth-order valence-corrected chi connectivity index (χ4v) is 5.19. The van der Waals surface area contributed by atoms with E-state index < -0.39 is 5.97 Å². The first-order valence-electron chi connectivity index (χ1n) is 11.6. The number of hydrogen-bond donors (Lipinski definition) is 2. The number of anilines is 2. The van der Waals surface area contributed by atoms with Crippen LogP contribution >= 0.6 is 0 Å². The SMILES string of the molecule is CCOc1ccc(Nc2nc3cc(OCC(=O)O)ccc3n2[C@@H]2C[C@@H](C)CC(C)(C)C2)cc1. The smallest absolute Gasteiger partial charge is 0.341 e. The summed E-state index contributed by atoms with van der Waals surface area (Å²) < 4.78 is 13.3. The lowest BCUT2D eigenvalue weighted by Crippen LogP contribution is -2.29. The molecule has 0 unspecified atom stereocenters. The first-order chi connectivity index (χ1) is 15.7. The van der Waals surface area contributed by atoms with Gasteiger partial charge in [0.05, 0.1) is 17.6 Å². The number of imidazole rings is 1. The molecule has 0 spiro atoms. The Morgan fingerprint density at radius 2 is 1.88 bits per heavy atom. The van der Waals surface area contributed by atoms with Crippen LogP contribution in [0.4, 0.5) is 11.6 Å². The Balaban J connectivity index is 1.72. The maximum atomic E-state index is 10.9. The van der Waals surface area contributed by atoms with Gasteiger partial charge in [0, 0.05) is 17.8 Å². The van der Waals surface area contributed by atoms with Gasteiger partial charge in [0.2, 0.25) is 5.95 Å². The van der Waals surface area contributed by atoms with Crippen molar-refractivity contribution in [2.75, 3.05) is 18.5 Å². The minimum absolute atomic E-state index is 0.250. The van der Waals surface area contributed by atoms with Crippen molar-refractivity contribution < 1.29 is 19.4 Å². The van der Waals surface area contributed by atoms with E-state index in [0.717, 1.165) is 41.3 Å². The van der Waals surface area contributed by atoms with Crippen molar-refractivity contribution in [2.45, 2.75) is 53.0 Å². The molecule has 3 aromatic rings. The van der Waals surface area contributed by atoms with E-state index in [1.165, 1.54) is 6.42 Å². The first-order valence-corrected chi connectivity index (χ1v) is 11.6. The molecule has 1 aliphatic rings. The van der Waals surface area contributed by atoms with Crippen molar-refractivity contribution in [3.05, 3.63) is 42.5 Å². The number of rotatable bonds is 8. The zero-order chi connectivity index (χ0) is 23.6. The molecular weight excluding hydrogens is 418 g/mol. The number of carbonyl (C=O) groups is 1. The Morgan fingerprint density at radius 3 is 2.55 bits per heavy atom. The standard InChI is InChI=1S/C26H33N3O4/c1-5-32-20-8-6-18(7-9-20)27-25-28-22-13-21(33-16-24(30)31)10-11-23(22)29(25)19-12-17(2)14-26(3,4)15-19/h6-11,13,17,19H,5,12,14-16H2,1-4H3,(H,27,28)(H,30,31)/t17-,19-/m1/s1. The number of aromatic nitrogens is 2. The molecule has 2 N–H and O–H groups in total. The van der Waals surface area contributed by atoms with Gasteiger partial charge in [-0.1, -0.05) is 20.8 Å². The number of carboxylic acids is 1. The number of benzene rings is 2. The molecule has 0 amide bonds. The summed E-state index contributed by atoms with van der Waals surface area (Å²) in [7, 11) is 0. The number of hydrogen-bond acceptors (Lipinski definition) is 5. The Morgan fingerprint density at radius 1 is 1.15 bits per heavy atom. The van der Waals surface area contributed by atoms with Gasteiger partial charge in [0.1, 0.15) is 11.5 Å². The summed E-state index contributed by atoms with van der Waals surface area (Å²) in [5.41, 5.74) is 2.98. The van der Waals surface area contributed by atoms with E-state index in [2.05, 4.69) is 30.7 Å². The van der Waals surface area contributed by atoms with Crippen LogP contribution < -0.4 is 14.8 Å². The molecule has 2 aromatic carbocycles. The lowest BCUT2D eigenvalue weighted by atomic mass is 9.70. The number of fused-ring (bicyclic) bond motifs is 1. The minimum Gasteiger partial charge on any atom is -0.494 e. The van der Waals surface area contributed by atoms with Gasteiger partial charge in [-0.15, -0.1) is 0 Å². The lowest BCUT2D eigenvalue weighted by Gasteiger charge is -2.40. The molecule has 33 heavy (non-hydrogen) atoms. The van der Waals surface area contributed by atoms with Crippen LogP contribution in [0.2, 0.25) is 0 Å². The zero-order valence-corrected chi connectivity index (χ0v) is 19.8. The third kappa shape index (κ3) is 5.41. The van der Waals surface area contributed by atoms with Crippen LogP contribution in [-0.2, 0) is 4.79 Å². The van der Waals surface area contributed by atoms with Crippen molar-refractivity contribution in [1.29, 1.82) is 0 Å². The topological polar surface area (TPSA) is 85.6 Å². The predicted octanol–water partition coefficient (Wildman–Crippen LogP) is 6.03. The molecule has 1 heterocycles. The van der Waals surface area contributed by atoms with Gasteiger partial charge in [-0.25, -0.2) is 9.78 Å². The lowest BCUT2D eigenvalue weighted by molar-refractivity contribution is -0.139. The van der Waals surface area contributed by atoms with Gasteiger partial charge in [0.25, 0.3) is 0 Å². The fraction of sp³-hybridized carbons (Fsp3) is 0.462. The van der Waals surface area contributed by atoms with Gasteiger partial charge >= 0.3 is 5.97 Å². The summed E-state index contributed by atoms with van der Waals surface area (Å²) >= 11 is 0. The molecule has 1 saturated carbocycles. The molecule has 7 nitrogen and oxygen atoms in total. The third-order valence-corrected chi connectivity index (χ3v) is 6.17. The van der Waals surface area contributed by atoms with Gasteiger partial charge in [-0.2, -0.15) is 0 Å². The quantitative estimate of drug-likeness (QED) is 0.435. The molecule has 2 atom stereocenters. The highest BCUT2D eigenvalue weighted by Crippen LogP contribution is 2.46. The fourth-order valence-electron chi connectivity index (χ4n) is 5.19. The molecule has 0 aliphatic heterocycles. The molecule has 176 valence electrons. The average Bonchev–Trinajstić information content (AvgIpc) is 3.09. The summed E-state index contributed by atoms with van der Waals surface area (Å²) in [6, 6.07) is 13.8. The average molecular weight is 452 g/mol. The maximum Gasteiger partial charge on any atom is 0.341 e. The third-order valence-electron chi connectivity index (χ3n) is 6.17. The van der Waals surface area contributed by atoms with Crippen molar-refractivity contribution in [3.63, 3.8) is 0 Å². The Hall–Kier alpha value is -3.22. The van der Waals surface area contributed by atoms with E-state index in [1.807, 2.05) is 49.4 Å². The van der Waals surface area contributed by atoms with Gasteiger partial charge in [0.15, 0.2) is 6.61 Å². The molecule has 1 aromatic heterocycles. The Kier molecular flexibility index (Phi) is 6.49. The molecular formula is C26H33N3O4. The van der Waals surface area contributed by atoms with E-state index in [9.17, 15) is 4.79 Å². The first kappa shape index (κ1) is 23.0.